The molecule has 0 aliphatic carbocycles. The Hall–Kier alpha value is -1.68. The highest BCUT2D eigenvalue weighted by atomic mass is 16.5. The maximum Gasteiger partial charge on any atom is 0.260 e. The van der Waals surface area contributed by atoms with Crippen LogP contribution in [-0.4, -0.2) is 15.2 Å². The molecule has 1 atom stereocenters. The summed E-state index contributed by atoms with van der Waals surface area (Å²) in [6.07, 6.45) is -0.836. The van der Waals surface area contributed by atoms with Gasteiger partial charge in [0, 0.05) is 0 Å². The molecule has 0 fully saturated rings. The minimum Gasteiger partial charge on any atom is -0.378 e. The van der Waals surface area contributed by atoms with E-state index in [9.17, 15) is 5.11 Å². The average Bonchev–Trinajstić information content (AvgIpc) is 2.65. The number of benzene rings is 1. The van der Waals surface area contributed by atoms with Crippen LogP contribution in [0, 0.1) is 6.92 Å². The van der Waals surface area contributed by atoms with E-state index in [2.05, 4.69) is 10.1 Å². The number of rotatable bonds is 2. The third kappa shape index (κ3) is 1.65. The van der Waals surface area contributed by atoms with Crippen molar-refractivity contribution >= 4 is 0 Å². The molecule has 4 nitrogen and oxygen atoms in total. The molecule has 1 heterocycles. The number of nitrogens with zero attached hydrogens (tertiary/aromatic N) is 2. The molecule has 14 heavy (non-hydrogen) atoms. The Morgan fingerprint density at radius 3 is 2.57 bits per heavy atom. The van der Waals surface area contributed by atoms with Gasteiger partial charge in [0.1, 0.15) is 0 Å². The fraction of sp³-hybridized carbons (Fsp3) is 0.200. The first kappa shape index (κ1) is 8.90. The van der Waals surface area contributed by atoms with Gasteiger partial charge in [0.15, 0.2) is 11.9 Å². The Balaban J connectivity index is 2.29. The van der Waals surface area contributed by atoms with Crippen molar-refractivity contribution in [3.05, 3.63) is 47.6 Å². The van der Waals surface area contributed by atoms with E-state index in [-0.39, 0.29) is 5.89 Å². The van der Waals surface area contributed by atoms with Crippen LogP contribution in [0.4, 0.5) is 0 Å². The lowest BCUT2D eigenvalue weighted by atomic mass is 10.1. The molecule has 0 bridgehead atoms. The van der Waals surface area contributed by atoms with Gasteiger partial charge in [0.25, 0.3) is 5.89 Å². The molecule has 1 N–H and O–H groups in total. The molecule has 0 aliphatic heterocycles. The fourth-order valence-electron chi connectivity index (χ4n) is 1.20. The molecular weight excluding hydrogens is 180 g/mol. The number of hydrogen-bond donors (Lipinski definition) is 1. The van der Waals surface area contributed by atoms with E-state index in [1.54, 1.807) is 6.92 Å². The summed E-state index contributed by atoms with van der Waals surface area (Å²) in [7, 11) is 0. The van der Waals surface area contributed by atoms with Gasteiger partial charge in [-0.2, -0.15) is 4.98 Å². The number of hydrogen-bond acceptors (Lipinski definition) is 4. The summed E-state index contributed by atoms with van der Waals surface area (Å²) in [5.41, 5.74) is 0.746. The maximum absolute atomic E-state index is 9.81. The third-order valence-corrected chi connectivity index (χ3v) is 1.89. The van der Waals surface area contributed by atoms with E-state index in [1.807, 2.05) is 30.3 Å². The van der Waals surface area contributed by atoms with Gasteiger partial charge >= 0.3 is 0 Å². The van der Waals surface area contributed by atoms with E-state index in [1.165, 1.54) is 0 Å². The number of aryl methyl sites for hydroxylation is 1. The molecule has 2 rings (SSSR count). The zero-order valence-corrected chi connectivity index (χ0v) is 7.71. The van der Waals surface area contributed by atoms with Gasteiger partial charge in [-0.25, -0.2) is 0 Å². The number of aliphatic hydroxyl groups excluding tert-OH is 1. The van der Waals surface area contributed by atoms with Crippen molar-refractivity contribution in [2.45, 2.75) is 13.0 Å². The molecule has 1 aromatic heterocycles. The summed E-state index contributed by atoms with van der Waals surface area (Å²) in [4.78, 5) is 3.96. The zero-order chi connectivity index (χ0) is 9.97. The largest absolute Gasteiger partial charge is 0.378 e. The molecule has 72 valence electrons. The number of aromatic nitrogens is 2. The molecule has 1 aromatic carbocycles. The molecule has 4 heteroatoms. The second-order valence-corrected chi connectivity index (χ2v) is 2.99. The minimum atomic E-state index is -0.836. The van der Waals surface area contributed by atoms with E-state index in [0.717, 1.165) is 5.56 Å². The first-order valence-corrected chi connectivity index (χ1v) is 4.30. The monoisotopic (exact) mass is 190 g/mol. The molecule has 0 aliphatic rings. The van der Waals surface area contributed by atoms with Crippen LogP contribution in [0.25, 0.3) is 0 Å². The van der Waals surface area contributed by atoms with Gasteiger partial charge in [-0.15, -0.1) is 0 Å². The molecule has 2 aromatic rings. The Morgan fingerprint density at radius 2 is 2.00 bits per heavy atom. The van der Waals surface area contributed by atoms with Gasteiger partial charge in [0.05, 0.1) is 0 Å². The molecule has 1 unspecified atom stereocenters. The van der Waals surface area contributed by atoms with Gasteiger partial charge in [-0.05, 0) is 12.5 Å². The van der Waals surface area contributed by atoms with Crippen molar-refractivity contribution < 1.29 is 9.63 Å². The van der Waals surface area contributed by atoms with E-state index in [0.29, 0.717) is 5.82 Å². The molecule has 0 saturated carbocycles. The summed E-state index contributed by atoms with van der Waals surface area (Å²) in [5.74, 6) is 0.753. The average molecular weight is 190 g/mol. The molecular formula is C10H10N2O2. The van der Waals surface area contributed by atoms with E-state index in [4.69, 9.17) is 4.52 Å². The summed E-state index contributed by atoms with van der Waals surface area (Å²) >= 11 is 0. The van der Waals surface area contributed by atoms with Crippen LogP contribution >= 0.6 is 0 Å². The fourth-order valence-corrected chi connectivity index (χ4v) is 1.20. The second-order valence-electron chi connectivity index (χ2n) is 2.99. The first-order chi connectivity index (χ1) is 6.77. The maximum atomic E-state index is 9.81. The van der Waals surface area contributed by atoms with Crippen LogP contribution in [0.15, 0.2) is 34.9 Å². The lowest BCUT2D eigenvalue weighted by Gasteiger charge is -2.04. The van der Waals surface area contributed by atoms with Crippen molar-refractivity contribution in [2.24, 2.45) is 0 Å². The summed E-state index contributed by atoms with van der Waals surface area (Å²) < 4.78 is 4.87. The standard InChI is InChI=1S/C10H10N2O2/c1-7-11-10(14-12-7)9(13)8-5-3-2-4-6-8/h2-6,9,13H,1H3. The topological polar surface area (TPSA) is 59.2 Å². The highest BCUT2D eigenvalue weighted by Crippen LogP contribution is 2.19. The van der Waals surface area contributed by atoms with Crippen molar-refractivity contribution in [1.82, 2.24) is 10.1 Å². The summed E-state index contributed by atoms with van der Waals surface area (Å²) in [6, 6.07) is 9.20. The SMILES string of the molecule is Cc1noc(C(O)c2ccccc2)n1. The highest BCUT2D eigenvalue weighted by Gasteiger charge is 2.16. The van der Waals surface area contributed by atoms with Crippen molar-refractivity contribution in [3.8, 4) is 0 Å². The Morgan fingerprint density at radius 1 is 1.29 bits per heavy atom. The van der Waals surface area contributed by atoms with Crippen LogP contribution < -0.4 is 0 Å². The van der Waals surface area contributed by atoms with Crippen molar-refractivity contribution in [2.75, 3.05) is 0 Å². The Labute approximate surface area is 81.2 Å². The van der Waals surface area contributed by atoms with Gasteiger partial charge in [-0.1, -0.05) is 35.5 Å². The summed E-state index contributed by atoms with van der Waals surface area (Å²) in [5, 5.41) is 13.4. The van der Waals surface area contributed by atoms with Crippen LogP contribution in [0.2, 0.25) is 0 Å². The Kier molecular flexibility index (Phi) is 2.28. The van der Waals surface area contributed by atoms with Crippen LogP contribution in [0.3, 0.4) is 0 Å². The van der Waals surface area contributed by atoms with E-state index < -0.39 is 6.10 Å². The Bertz CT molecular complexity index is 411. The predicted molar refractivity (Wildman–Crippen MR) is 49.5 cm³/mol. The second kappa shape index (κ2) is 3.59. The van der Waals surface area contributed by atoms with E-state index >= 15 is 0 Å². The highest BCUT2D eigenvalue weighted by molar-refractivity contribution is 5.21. The summed E-state index contributed by atoms with van der Waals surface area (Å²) in [6.45, 7) is 1.71. The van der Waals surface area contributed by atoms with Crippen molar-refractivity contribution in [1.29, 1.82) is 0 Å². The van der Waals surface area contributed by atoms with Gasteiger partial charge < -0.3 is 9.63 Å². The smallest absolute Gasteiger partial charge is 0.260 e. The third-order valence-electron chi connectivity index (χ3n) is 1.89. The van der Waals surface area contributed by atoms with Gasteiger partial charge in [0.2, 0.25) is 0 Å². The normalized spacial score (nSPS) is 12.7. The minimum absolute atomic E-state index is 0.230. The molecule has 0 spiro atoms. The van der Waals surface area contributed by atoms with Crippen LogP contribution in [-0.2, 0) is 0 Å². The molecule has 0 saturated heterocycles. The van der Waals surface area contributed by atoms with Crippen molar-refractivity contribution in [3.63, 3.8) is 0 Å². The zero-order valence-electron chi connectivity index (χ0n) is 7.71. The number of aliphatic hydroxyl groups is 1. The van der Waals surface area contributed by atoms with Crippen LogP contribution in [0.5, 0.6) is 0 Å². The van der Waals surface area contributed by atoms with Crippen LogP contribution in [0.1, 0.15) is 23.4 Å². The lowest BCUT2D eigenvalue weighted by Crippen LogP contribution is -1.99. The van der Waals surface area contributed by atoms with Gasteiger partial charge in [-0.3, -0.25) is 0 Å². The predicted octanol–water partition coefficient (Wildman–Crippen LogP) is 1.46. The lowest BCUT2D eigenvalue weighted by molar-refractivity contribution is 0.170. The molecule has 0 radical (unpaired) electrons. The molecule has 0 amide bonds. The quantitative estimate of drug-likeness (QED) is 0.778. The first-order valence-electron chi connectivity index (χ1n) is 4.30.